The van der Waals surface area contributed by atoms with E-state index in [1.165, 1.54) is 0 Å². The summed E-state index contributed by atoms with van der Waals surface area (Å²) in [6.45, 7) is 2.43. The topological polar surface area (TPSA) is 59.7 Å². The average Bonchev–Trinajstić information content (AvgIpc) is 2.82. The maximum absolute atomic E-state index is 12.4. The molecule has 0 spiro atoms. The van der Waals surface area contributed by atoms with Crippen LogP contribution < -0.4 is 0 Å². The monoisotopic (exact) mass is 310 g/mol. The normalized spacial score (nSPS) is 16.2. The minimum Gasteiger partial charge on any atom is -0.378 e. The third kappa shape index (κ3) is 1.99. The molecule has 0 unspecified atom stereocenters. The van der Waals surface area contributed by atoms with Gasteiger partial charge < -0.3 is 9.64 Å². The van der Waals surface area contributed by atoms with Gasteiger partial charge in [-0.05, 0) is 15.9 Å². The Kier molecular flexibility index (Phi) is 3.00. The van der Waals surface area contributed by atoms with Gasteiger partial charge in [0, 0.05) is 19.3 Å². The Morgan fingerprint density at radius 3 is 2.83 bits per heavy atom. The van der Waals surface area contributed by atoms with Crippen LogP contribution in [0.4, 0.5) is 0 Å². The van der Waals surface area contributed by atoms with Crippen LogP contribution in [0.3, 0.4) is 0 Å². The minimum atomic E-state index is -0.0242. The fourth-order valence-electron chi connectivity index (χ4n) is 1.95. The summed E-state index contributed by atoms with van der Waals surface area (Å²) in [7, 11) is 0. The Labute approximate surface area is 112 Å². The fourth-order valence-corrected chi connectivity index (χ4v) is 2.26. The van der Waals surface area contributed by atoms with Gasteiger partial charge in [-0.1, -0.05) is 0 Å². The van der Waals surface area contributed by atoms with Crippen LogP contribution in [-0.2, 0) is 4.74 Å². The Bertz CT molecular complexity index is 592. The molecule has 1 fully saturated rings. The lowest BCUT2D eigenvalue weighted by Gasteiger charge is -2.26. The average molecular weight is 311 g/mol. The first-order chi connectivity index (χ1) is 8.75. The van der Waals surface area contributed by atoms with Crippen molar-refractivity contribution < 1.29 is 9.53 Å². The Balaban J connectivity index is 1.98. The van der Waals surface area contributed by atoms with Gasteiger partial charge in [-0.25, -0.2) is 9.97 Å². The quantitative estimate of drug-likeness (QED) is 0.787. The van der Waals surface area contributed by atoms with E-state index in [4.69, 9.17) is 4.74 Å². The molecule has 0 aromatic carbocycles. The SMILES string of the molecule is O=C(c1cnc2cnc(Br)cn12)N1CCOCC1. The van der Waals surface area contributed by atoms with Crippen LogP contribution in [-0.4, -0.2) is 51.5 Å². The molecule has 1 saturated heterocycles. The van der Waals surface area contributed by atoms with Crippen molar-refractivity contribution >= 4 is 27.5 Å². The standard InChI is InChI=1S/C11H11BrN4O2/c12-9-7-16-8(5-14-10(16)6-13-9)11(17)15-1-3-18-4-2-15/h5-7H,1-4H2. The van der Waals surface area contributed by atoms with Gasteiger partial charge in [0.25, 0.3) is 5.91 Å². The number of hydrogen-bond acceptors (Lipinski definition) is 4. The predicted octanol–water partition coefficient (Wildman–Crippen LogP) is 0.964. The highest BCUT2D eigenvalue weighted by molar-refractivity contribution is 9.10. The molecule has 7 heteroatoms. The van der Waals surface area contributed by atoms with Crippen LogP contribution in [0.2, 0.25) is 0 Å². The van der Waals surface area contributed by atoms with Crippen molar-refractivity contribution in [2.24, 2.45) is 0 Å². The molecule has 2 aromatic heterocycles. The van der Waals surface area contributed by atoms with E-state index in [-0.39, 0.29) is 5.91 Å². The second-order valence-corrected chi connectivity index (χ2v) is 4.80. The van der Waals surface area contributed by atoms with E-state index in [0.29, 0.717) is 42.2 Å². The predicted molar refractivity (Wildman–Crippen MR) is 67.4 cm³/mol. The smallest absolute Gasteiger partial charge is 0.272 e. The summed E-state index contributed by atoms with van der Waals surface area (Å²) in [4.78, 5) is 22.4. The van der Waals surface area contributed by atoms with Gasteiger partial charge in [0.15, 0.2) is 5.65 Å². The second kappa shape index (κ2) is 4.66. The number of carbonyl (C=O) groups is 1. The first kappa shape index (κ1) is 11.6. The molecule has 1 aliphatic rings. The van der Waals surface area contributed by atoms with E-state index < -0.39 is 0 Å². The van der Waals surface area contributed by atoms with Crippen molar-refractivity contribution in [3.05, 3.63) is 28.9 Å². The minimum absolute atomic E-state index is 0.0242. The fraction of sp³-hybridized carbons (Fsp3) is 0.364. The van der Waals surface area contributed by atoms with Gasteiger partial charge in [0.2, 0.25) is 0 Å². The molecule has 1 aliphatic heterocycles. The molecule has 0 saturated carbocycles. The molecule has 3 heterocycles. The number of aromatic nitrogens is 3. The van der Waals surface area contributed by atoms with Crippen LogP contribution >= 0.6 is 15.9 Å². The largest absolute Gasteiger partial charge is 0.378 e. The van der Waals surface area contributed by atoms with E-state index in [1.54, 1.807) is 27.9 Å². The van der Waals surface area contributed by atoms with Crippen LogP contribution in [0.5, 0.6) is 0 Å². The third-order valence-electron chi connectivity index (χ3n) is 2.88. The first-order valence-corrected chi connectivity index (χ1v) is 6.40. The van der Waals surface area contributed by atoms with E-state index in [1.807, 2.05) is 0 Å². The Hall–Kier alpha value is -1.47. The number of ether oxygens (including phenoxy) is 1. The van der Waals surface area contributed by atoms with Gasteiger partial charge in [-0.15, -0.1) is 0 Å². The number of fused-ring (bicyclic) bond motifs is 1. The maximum Gasteiger partial charge on any atom is 0.272 e. The van der Waals surface area contributed by atoms with Crippen molar-refractivity contribution in [2.45, 2.75) is 0 Å². The Morgan fingerprint density at radius 1 is 1.28 bits per heavy atom. The molecule has 1 amide bonds. The summed E-state index contributed by atoms with van der Waals surface area (Å²) >= 11 is 3.29. The number of halogens is 1. The number of hydrogen-bond donors (Lipinski definition) is 0. The van der Waals surface area contributed by atoms with E-state index in [0.717, 1.165) is 0 Å². The molecule has 0 N–H and O–H groups in total. The molecule has 18 heavy (non-hydrogen) atoms. The number of nitrogens with zero attached hydrogens (tertiary/aromatic N) is 4. The number of imidazole rings is 1. The molecule has 0 atom stereocenters. The van der Waals surface area contributed by atoms with Crippen molar-refractivity contribution in [3.63, 3.8) is 0 Å². The summed E-state index contributed by atoms with van der Waals surface area (Å²) in [5, 5.41) is 0. The molecule has 2 aromatic rings. The zero-order chi connectivity index (χ0) is 12.5. The van der Waals surface area contributed by atoms with Crippen LogP contribution in [0, 0.1) is 0 Å². The summed E-state index contributed by atoms with van der Waals surface area (Å²) in [6, 6.07) is 0. The number of rotatable bonds is 1. The molecule has 0 bridgehead atoms. The summed E-state index contributed by atoms with van der Waals surface area (Å²) in [6.07, 6.45) is 4.96. The molecular weight excluding hydrogens is 300 g/mol. The number of amides is 1. The zero-order valence-corrected chi connectivity index (χ0v) is 11.1. The van der Waals surface area contributed by atoms with Crippen LogP contribution in [0.15, 0.2) is 23.2 Å². The van der Waals surface area contributed by atoms with Crippen molar-refractivity contribution in [2.75, 3.05) is 26.3 Å². The second-order valence-electron chi connectivity index (χ2n) is 3.99. The summed E-state index contributed by atoms with van der Waals surface area (Å²) in [5.74, 6) is -0.0242. The molecule has 0 radical (unpaired) electrons. The van der Waals surface area contributed by atoms with Crippen molar-refractivity contribution in [1.29, 1.82) is 0 Å². The van der Waals surface area contributed by atoms with Crippen LogP contribution in [0.25, 0.3) is 5.65 Å². The lowest BCUT2D eigenvalue weighted by Crippen LogP contribution is -2.41. The van der Waals surface area contributed by atoms with Crippen LogP contribution in [0.1, 0.15) is 10.5 Å². The zero-order valence-electron chi connectivity index (χ0n) is 9.54. The van der Waals surface area contributed by atoms with Crippen molar-refractivity contribution in [1.82, 2.24) is 19.3 Å². The Morgan fingerprint density at radius 2 is 2.06 bits per heavy atom. The lowest BCUT2D eigenvalue weighted by molar-refractivity contribution is 0.0298. The highest BCUT2D eigenvalue weighted by atomic mass is 79.9. The molecular formula is C11H11BrN4O2. The molecule has 6 nitrogen and oxygen atoms in total. The van der Waals surface area contributed by atoms with Gasteiger partial charge in [-0.3, -0.25) is 9.20 Å². The van der Waals surface area contributed by atoms with Gasteiger partial charge in [0.05, 0.1) is 25.6 Å². The van der Waals surface area contributed by atoms with Crippen molar-refractivity contribution in [3.8, 4) is 0 Å². The van der Waals surface area contributed by atoms with E-state index in [2.05, 4.69) is 25.9 Å². The van der Waals surface area contributed by atoms with Gasteiger partial charge in [0.1, 0.15) is 10.3 Å². The molecule has 94 valence electrons. The highest BCUT2D eigenvalue weighted by Crippen LogP contribution is 2.13. The third-order valence-corrected chi connectivity index (χ3v) is 3.29. The van der Waals surface area contributed by atoms with E-state index >= 15 is 0 Å². The van der Waals surface area contributed by atoms with E-state index in [9.17, 15) is 4.79 Å². The highest BCUT2D eigenvalue weighted by Gasteiger charge is 2.21. The first-order valence-electron chi connectivity index (χ1n) is 5.61. The maximum atomic E-state index is 12.4. The van der Waals surface area contributed by atoms with Gasteiger partial charge >= 0.3 is 0 Å². The lowest BCUT2D eigenvalue weighted by atomic mass is 10.3. The molecule has 3 rings (SSSR count). The number of carbonyl (C=O) groups excluding carboxylic acids is 1. The molecule has 0 aliphatic carbocycles. The number of morpholine rings is 1. The summed E-state index contributed by atoms with van der Waals surface area (Å²) < 4.78 is 7.66. The summed E-state index contributed by atoms with van der Waals surface area (Å²) in [5.41, 5.74) is 1.21. The van der Waals surface area contributed by atoms with Gasteiger partial charge in [-0.2, -0.15) is 0 Å².